The number of nitrogens with zero attached hydrogens (tertiary/aromatic N) is 1. The summed E-state index contributed by atoms with van der Waals surface area (Å²) in [4.78, 5) is 2.36. The number of nitrogens with one attached hydrogen (secondary N) is 2. The van der Waals surface area contributed by atoms with Crippen molar-refractivity contribution in [2.75, 3.05) is 45.3 Å². The van der Waals surface area contributed by atoms with Crippen LogP contribution in [-0.4, -0.2) is 44.9 Å². The number of rotatable bonds is 4. The van der Waals surface area contributed by atoms with Crippen molar-refractivity contribution in [3.05, 3.63) is 23.2 Å². The molecule has 1 saturated heterocycles. The Hall–Kier alpha value is -0.970. The van der Waals surface area contributed by atoms with Crippen molar-refractivity contribution >= 4 is 17.3 Å². The Morgan fingerprint density at radius 3 is 2.82 bits per heavy atom. The maximum atomic E-state index is 6.15. The van der Waals surface area contributed by atoms with Gasteiger partial charge in [0.25, 0.3) is 0 Å². The molecule has 4 nitrogen and oxygen atoms in total. The van der Waals surface area contributed by atoms with Gasteiger partial charge in [0.2, 0.25) is 0 Å². The van der Waals surface area contributed by atoms with Crippen LogP contribution in [0.15, 0.2) is 18.2 Å². The first-order chi connectivity index (χ1) is 8.29. The lowest BCUT2D eigenvalue weighted by molar-refractivity contribution is 0.256. The van der Waals surface area contributed by atoms with E-state index in [0.29, 0.717) is 5.02 Å². The van der Waals surface area contributed by atoms with Crippen LogP contribution in [-0.2, 0) is 0 Å². The first kappa shape index (κ1) is 12.5. The smallest absolute Gasteiger partial charge is 0.120 e. The highest BCUT2D eigenvalue weighted by Crippen LogP contribution is 2.26. The molecule has 1 aromatic rings. The van der Waals surface area contributed by atoms with Crippen LogP contribution in [0.5, 0.6) is 5.75 Å². The van der Waals surface area contributed by atoms with E-state index in [1.807, 2.05) is 18.2 Å². The quantitative estimate of drug-likeness (QED) is 0.858. The maximum Gasteiger partial charge on any atom is 0.120 e. The van der Waals surface area contributed by atoms with E-state index in [-0.39, 0.29) is 0 Å². The van der Waals surface area contributed by atoms with Gasteiger partial charge in [-0.1, -0.05) is 11.6 Å². The number of benzene rings is 1. The van der Waals surface area contributed by atoms with Crippen molar-refractivity contribution < 1.29 is 4.74 Å². The molecule has 5 heteroatoms. The van der Waals surface area contributed by atoms with Gasteiger partial charge in [0.1, 0.15) is 5.75 Å². The fourth-order valence-electron chi connectivity index (χ4n) is 1.83. The second-order valence-electron chi connectivity index (χ2n) is 4.05. The molecule has 1 heterocycles. The molecular formula is C12H18ClN3O. The lowest BCUT2D eigenvalue weighted by atomic mass is 10.3. The number of halogens is 1. The van der Waals surface area contributed by atoms with E-state index in [9.17, 15) is 0 Å². The van der Waals surface area contributed by atoms with Crippen LogP contribution in [0.2, 0.25) is 5.02 Å². The molecule has 0 radical (unpaired) electrons. The molecule has 17 heavy (non-hydrogen) atoms. The van der Waals surface area contributed by atoms with Crippen molar-refractivity contribution in [3.8, 4) is 5.75 Å². The van der Waals surface area contributed by atoms with E-state index in [2.05, 4.69) is 15.5 Å². The maximum absolute atomic E-state index is 6.15. The van der Waals surface area contributed by atoms with Crippen LogP contribution >= 0.6 is 11.6 Å². The van der Waals surface area contributed by atoms with E-state index in [4.69, 9.17) is 16.3 Å². The third kappa shape index (κ3) is 3.49. The first-order valence-electron chi connectivity index (χ1n) is 5.80. The van der Waals surface area contributed by atoms with Gasteiger partial charge in [-0.25, -0.2) is 0 Å². The Labute approximate surface area is 107 Å². The molecule has 0 aliphatic carbocycles. The lowest BCUT2D eigenvalue weighted by Gasteiger charge is -2.27. The lowest BCUT2D eigenvalue weighted by Crippen LogP contribution is -2.45. The van der Waals surface area contributed by atoms with Crippen LogP contribution in [0.3, 0.4) is 0 Å². The monoisotopic (exact) mass is 255 g/mol. The summed E-state index contributed by atoms with van der Waals surface area (Å²) in [6.07, 6.45) is 0. The second-order valence-corrected chi connectivity index (χ2v) is 4.46. The number of hydrogen-bond acceptors (Lipinski definition) is 4. The van der Waals surface area contributed by atoms with E-state index in [1.165, 1.54) is 0 Å². The average molecular weight is 256 g/mol. The standard InChI is InChI=1S/C12H18ClN3O/c1-17-10-2-3-12(11(13)8-10)15-9-16-6-4-14-5-7-16/h2-3,8,14-15H,4-7,9H2,1H3. The highest BCUT2D eigenvalue weighted by Gasteiger charge is 2.09. The van der Waals surface area contributed by atoms with E-state index >= 15 is 0 Å². The second kappa shape index (κ2) is 6.10. The first-order valence-corrected chi connectivity index (χ1v) is 6.18. The van der Waals surface area contributed by atoms with Crippen molar-refractivity contribution in [2.45, 2.75) is 0 Å². The molecule has 1 aliphatic rings. The minimum Gasteiger partial charge on any atom is -0.497 e. The third-order valence-corrected chi connectivity index (χ3v) is 3.19. The van der Waals surface area contributed by atoms with Crippen molar-refractivity contribution in [3.63, 3.8) is 0 Å². The normalized spacial score (nSPS) is 16.8. The molecule has 1 fully saturated rings. The van der Waals surface area contributed by atoms with E-state index in [0.717, 1.165) is 44.3 Å². The summed E-state index contributed by atoms with van der Waals surface area (Å²) in [7, 11) is 1.64. The molecule has 0 unspecified atom stereocenters. The SMILES string of the molecule is COc1ccc(NCN2CCNCC2)c(Cl)c1. The topological polar surface area (TPSA) is 36.5 Å². The summed E-state index contributed by atoms with van der Waals surface area (Å²) in [6, 6.07) is 5.68. The van der Waals surface area contributed by atoms with E-state index < -0.39 is 0 Å². The zero-order chi connectivity index (χ0) is 12.1. The minimum atomic E-state index is 0.694. The van der Waals surface area contributed by atoms with Crippen molar-refractivity contribution in [2.24, 2.45) is 0 Å². The Kier molecular flexibility index (Phi) is 4.48. The number of methoxy groups -OCH3 is 1. The summed E-state index contributed by atoms with van der Waals surface area (Å²) in [5, 5.41) is 7.37. The predicted molar refractivity (Wildman–Crippen MR) is 70.9 cm³/mol. The highest BCUT2D eigenvalue weighted by atomic mass is 35.5. The van der Waals surface area contributed by atoms with Crippen LogP contribution in [0.1, 0.15) is 0 Å². The molecule has 0 spiro atoms. The predicted octanol–water partition coefficient (Wildman–Crippen LogP) is 1.62. The van der Waals surface area contributed by atoms with Crippen molar-refractivity contribution in [1.29, 1.82) is 0 Å². The van der Waals surface area contributed by atoms with Gasteiger partial charge in [-0.2, -0.15) is 0 Å². The summed E-state index contributed by atoms with van der Waals surface area (Å²) in [6.45, 7) is 5.07. The fourth-order valence-corrected chi connectivity index (χ4v) is 2.07. The summed E-state index contributed by atoms with van der Waals surface area (Å²) >= 11 is 6.15. The number of hydrogen-bond donors (Lipinski definition) is 2. The Morgan fingerprint density at radius 1 is 1.41 bits per heavy atom. The molecule has 0 atom stereocenters. The minimum absolute atomic E-state index is 0.694. The molecule has 0 amide bonds. The molecule has 94 valence electrons. The molecule has 2 rings (SSSR count). The van der Waals surface area contributed by atoms with Gasteiger partial charge >= 0.3 is 0 Å². The van der Waals surface area contributed by atoms with Gasteiger partial charge in [0.15, 0.2) is 0 Å². The van der Waals surface area contributed by atoms with Crippen LogP contribution in [0.4, 0.5) is 5.69 Å². The van der Waals surface area contributed by atoms with E-state index in [1.54, 1.807) is 7.11 Å². The van der Waals surface area contributed by atoms with Crippen LogP contribution in [0.25, 0.3) is 0 Å². The van der Waals surface area contributed by atoms with Gasteiger partial charge in [-0.05, 0) is 12.1 Å². The van der Waals surface area contributed by atoms with Gasteiger partial charge in [0.05, 0.1) is 24.5 Å². The summed E-state index contributed by atoms with van der Waals surface area (Å²) in [5.74, 6) is 0.780. The van der Waals surface area contributed by atoms with Crippen LogP contribution in [0, 0.1) is 0 Å². The molecule has 1 aromatic carbocycles. The van der Waals surface area contributed by atoms with Crippen LogP contribution < -0.4 is 15.4 Å². The fraction of sp³-hybridized carbons (Fsp3) is 0.500. The highest BCUT2D eigenvalue weighted by molar-refractivity contribution is 6.33. The average Bonchev–Trinajstić information content (AvgIpc) is 2.38. The number of piperazine rings is 1. The largest absolute Gasteiger partial charge is 0.497 e. The van der Waals surface area contributed by atoms with Crippen molar-refractivity contribution in [1.82, 2.24) is 10.2 Å². The molecule has 0 bridgehead atoms. The molecule has 0 saturated carbocycles. The molecule has 1 aliphatic heterocycles. The Morgan fingerprint density at radius 2 is 2.18 bits per heavy atom. The zero-order valence-electron chi connectivity index (χ0n) is 10.0. The van der Waals surface area contributed by atoms with Gasteiger partial charge in [0, 0.05) is 32.2 Å². The Bertz CT molecular complexity index is 367. The number of anilines is 1. The Balaban J connectivity index is 1.89. The summed E-state index contributed by atoms with van der Waals surface area (Å²) in [5.41, 5.74) is 0.950. The summed E-state index contributed by atoms with van der Waals surface area (Å²) < 4.78 is 5.11. The molecular weight excluding hydrogens is 238 g/mol. The molecule has 0 aromatic heterocycles. The van der Waals surface area contributed by atoms with Gasteiger partial charge in [-0.3, -0.25) is 4.90 Å². The third-order valence-electron chi connectivity index (χ3n) is 2.88. The number of ether oxygens (including phenoxy) is 1. The zero-order valence-corrected chi connectivity index (χ0v) is 10.8. The van der Waals surface area contributed by atoms with Gasteiger partial charge < -0.3 is 15.4 Å². The molecule has 2 N–H and O–H groups in total. The van der Waals surface area contributed by atoms with Gasteiger partial charge in [-0.15, -0.1) is 0 Å².